The van der Waals surface area contributed by atoms with Gasteiger partial charge in [0.2, 0.25) is 0 Å². The molecule has 4 aromatic rings. The Labute approximate surface area is 220 Å². The number of ether oxygens (including phenoxy) is 1. The van der Waals surface area contributed by atoms with Crippen LogP contribution in [0.3, 0.4) is 0 Å². The lowest BCUT2D eigenvalue weighted by Gasteiger charge is -2.29. The molecule has 0 radical (unpaired) electrons. The molecule has 1 fully saturated rings. The van der Waals surface area contributed by atoms with Gasteiger partial charge in [-0.25, -0.2) is 14.2 Å². The molecule has 1 aliphatic heterocycles. The van der Waals surface area contributed by atoms with E-state index < -0.39 is 11.4 Å². The first kappa shape index (κ1) is 25.5. The van der Waals surface area contributed by atoms with Crippen molar-refractivity contribution in [2.75, 3.05) is 30.4 Å². The Morgan fingerprint density at radius 1 is 1.21 bits per heavy atom. The third-order valence-electron chi connectivity index (χ3n) is 6.63. The number of pyridine rings is 1. The molecule has 4 heterocycles. The Hall–Kier alpha value is -4.15. The first-order valence-electron chi connectivity index (χ1n) is 12.5. The van der Waals surface area contributed by atoms with Crippen LogP contribution < -0.4 is 10.2 Å². The van der Waals surface area contributed by atoms with Crippen LogP contribution in [0.2, 0.25) is 0 Å². The van der Waals surface area contributed by atoms with Gasteiger partial charge in [0.05, 0.1) is 23.0 Å². The number of rotatable bonds is 4. The van der Waals surface area contributed by atoms with Gasteiger partial charge in [-0.2, -0.15) is 5.10 Å². The van der Waals surface area contributed by atoms with Crippen molar-refractivity contribution in [3.63, 3.8) is 0 Å². The van der Waals surface area contributed by atoms with E-state index >= 15 is 0 Å². The zero-order valence-electron chi connectivity index (χ0n) is 22.4. The maximum atomic E-state index is 14.5. The van der Waals surface area contributed by atoms with Crippen molar-refractivity contribution in [1.29, 1.82) is 0 Å². The van der Waals surface area contributed by atoms with Crippen LogP contribution in [-0.4, -0.2) is 67.8 Å². The molecule has 1 aliphatic rings. The van der Waals surface area contributed by atoms with E-state index in [1.807, 2.05) is 33.0 Å². The molecule has 11 heteroatoms. The van der Waals surface area contributed by atoms with Gasteiger partial charge in [-0.05, 0) is 46.2 Å². The fraction of sp³-hybridized carbons (Fsp3) is 0.407. The molecule has 1 atom stereocenters. The zero-order chi connectivity index (χ0) is 27.4. The summed E-state index contributed by atoms with van der Waals surface area (Å²) < 4.78 is 23.3. The third kappa shape index (κ3) is 4.88. The molecule has 2 amide bonds. The summed E-state index contributed by atoms with van der Waals surface area (Å²) in [6, 6.07) is 4.89. The average molecular weight is 522 g/mol. The molecule has 0 saturated carbocycles. The second-order valence-electron chi connectivity index (χ2n) is 10.8. The van der Waals surface area contributed by atoms with Crippen LogP contribution in [0, 0.1) is 12.7 Å². The number of aryl methyl sites for hydroxylation is 2. The van der Waals surface area contributed by atoms with Crippen LogP contribution in [0.5, 0.6) is 0 Å². The molecule has 38 heavy (non-hydrogen) atoms. The van der Waals surface area contributed by atoms with Gasteiger partial charge in [0.15, 0.2) is 11.5 Å². The predicted molar refractivity (Wildman–Crippen MR) is 143 cm³/mol. The van der Waals surface area contributed by atoms with Crippen LogP contribution in [0.1, 0.15) is 43.2 Å². The van der Waals surface area contributed by atoms with E-state index in [9.17, 15) is 14.0 Å². The number of amides is 2. The molecule has 10 nitrogen and oxygen atoms in total. The maximum Gasteiger partial charge on any atom is 0.410 e. The minimum atomic E-state index is -0.558. The standard InChI is InChI=1S/C27H32FN7O3/c1-16-12-35-13-17(11-21(28)24(35)29-16)30-25(36)19-7-8-22(20-15-32(5)31-23(19)20)34-10-9-18(14-34)33(6)26(37)38-27(2,3)4/h7-8,11-13,15,18H,9-10,14H2,1-6H3,(H,30,36). The highest BCUT2D eigenvalue weighted by Crippen LogP contribution is 2.32. The number of aromatic nitrogens is 4. The topological polar surface area (TPSA) is 97.0 Å². The highest BCUT2D eigenvalue weighted by molar-refractivity contribution is 6.13. The summed E-state index contributed by atoms with van der Waals surface area (Å²) in [4.78, 5) is 33.8. The summed E-state index contributed by atoms with van der Waals surface area (Å²) in [5, 5.41) is 8.18. The Bertz CT molecular complexity index is 1550. The predicted octanol–water partition coefficient (Wildman–Crippen LogP) is 4.37. The average Bonchev–Trinajstić information content (AvgIpc) is 3.54. The number of fused-ring (bicyclic) bond motifs is 2. The van der Waals surface area contributed by atoms with Gasteiger partial charge in [0.1, 0.15) is 11.1 Å². The molecular weight excluding hydrogens is 489 g/mol. The molecule has 0 spiro atoms. The Balaban J connectivity index is 1.38. The number of carbonyl (C=O) groups is 2. The highest BCUT2D eigenvalue weighted by atomic mass is 19.1. The Morgan fingerprint density at radius 3 is 2.71 bits per heavy atom. The van der Waals surface area contributed by atoms with Crippen molar-refractivity contribution in [2.24, 2.45) is 7.05 Å². The van der Waals surface area contributed by atoms with Crippen LogP contribution in [0.25, 0.3) is 16.6 Å². The number of carbonyl (C=O) groups excluding carboxylic acids is 2. The number of nitrogens with zero attached hydrogens (tertiary/aromatic N) is 6. The van der Waals surface area contributed by atoms with E-state index in [1.54, 1.807) is 53.5 Å². The SMILES string of the molecule is Cc1cn2cc(NC(=O)c3ccc(N4CCC(N(C)C(=O)OC(C)(C)C)C4)c4cn(C)nc34)cc(F)c2n1. The molecular formula is C27H32FN7O3. The lowest BCUT2D eigenvalue weighted by molar-refractivity contribution is 0.0237. The van der Waals surface area contributed by atoms with Crippen molar-refractivity contribution >= 4 is 39.9 Å². The third-order valence-corrected chi connectivity index (χ3v) is 6.63. The van der Waals surface area contributed by atoms with Gasteiger partial charge in [0, 0.05) is 62.9 Å². The van der Waals surface area contributed by atoms with Gasteiger partial charge in [-0.15, -0.1) is 0 Å². The van der Waals surface area contributed by atoms with Gasteiger partial charge in [0.25, 0.3) is 5.91 Å². The first-order chi connectivity index (χ1) is 17.9. The summed E-state index contributed by atoms with van der Waals surface area (Å²) in [6.07, 6.45) is 5.66. The molecule has 1 saturated heterocycles. The van der Waals surface area contributed by atoms with Gasteiger partial charge in [-0.3, -0.25) is 9.48 Å². The highest BCUT2D eigenvalue weighted by Gasteiger charge is 2.32. The second kappa shape index (κ2) is 9.30. The van der Waals surface area contributed by atoms with Gasteiger partial charge < -0.3 is 24.3 Å². The van der Waals surface area contributed by atoms with Gasteiger partial charge in [-0.1, -0.05) is 0 Å². The molecule has 1 aromatic carbocycles. The lowest BCUT2D eigenvalue weighted by atomic mass is 10.1. The normalized spacial score (nSPS) is 15.9. The number of benzene rings is 1. The van der Waals surface area contributed by atoms with Crippen molar-refractivity contribution < 1.29 is 18.7 Å². The first-order valence-corrected chi connectivity index (χ1v) is 12.5. The van der Waals surface area contributed by atoms with Crippen LogP contribution in [-0.2, 0) is 11.8 Å². The minimum Gasteiger partial charge on any atom is -0.444 e. The fourth-order valence-corrected chi connectivity index (χ4v) is 4.87. The van der Waals surface area contributed by atoms with E-state index in [-0.39, 0.29) is 23.7 Å². The van der Waals surface area contributed by atoms with E-state index in [2.05, 4.69) is 20.3 Å². The summed E-state index contributed by atoms with van der Waals surface area (Å²) >= 11 is 0. The largest absolute Gasteiger partial charge is 0.444 e. The van der Waals surface area contributed by atoms with Crippen molar-refractivity contribution in [3.8, 4) is 0 Å². The number of likely N-dealkylation sites (N-methyl/N-ethyl adjacent to an activating group) is 1. The van der Waals surface area contributed by atoms with Crippen molar-refractivity contribution in [3.05, 3.63) is 53.9 Å². The number of halogens is 1. The summed E-state index contributed by atoms with van der Waals surface area (Å²) in [7, 11) is 3.57. The van der Waals surface area contributed by atoms with Crippen LogP contribution >= 0.6 is 0 Å². The van der Waals surface area contributed by atoms with Crippen LogP contribution in [0.4, 0.5) is 20.6 Å². The van der Waals surface area contributed by atoms with E-state index in [1.165, 1.54) is 6.07 Å². The number of nitrogens with one attached hydrogen (secondary N) is 1. The molecule has 0 bridgehead atoms. The van der Waals surface area contributed by atoms with Crippen molar-refractivity contribution in [2.45, 2.75) is 45.8 Å². The molecule has 200 valence electrons. The minimum absolute atomic E-state index is 0.00354. The zero-order valence-corrected chi connectivity index (χ0v) is 22.4. The molecule has 0 aliphatic carbocycles. The number of hydrogen-bond donors (Lipinski definition) is 1. The van der Waals surface area contributed by atoms with E-state index in [0.29, 0.717) is 29.0 Å². The number of imidazole rings is 1. The number of hydrogen-bond acceptors (Lipinski definition) is 6. The fourth-order valence-electron chi connectivity index (χ4n) is 4.87. The molecule has 3 aromatic heterocycles. The Kier molecular flexibility index (Phi) is 6.24. The molecule has 1 N–H and O–H groups in total. The lowest BCUT2D eigenvalue weighted by Crippen LogP contribution is -2.42. The molecule has 1 unspecified atom stereocenters. The van der Waals surface area contributed by atoms with Crippen LogP contribution in [0.15, 0.2) is 36.8 Å². The van der Waals surface area contributed by atoms with Crippen molar-refractivity contribution in [1.82, 2.24) is 24.1 Å². The van der Waals surface area contributed by atoms with E-state index in [4.69, 9.17) is 4.74 Å². The van der Waals surface area contributed by atoms with E-state index in [0.717, 1.165) is 24.0 Å². The smallest absolute Gasteiger partial charge is 0.410 e. The quantitative estimate of drug-likeness (QED) is 0.429. The molecule has 5 rings (SSSR count). The summed E-state index contributed by atoms with van der Waals surface area (Å²) in [6.45, 7) is 8.71. The maximum absolute atomic E-state index is 14.5. The Morgan fingerprint density at radius 2 is 1.97 bits per heavy atom. The monoisotopic (exact) mass is 521 g/mol. The van der Waals surface area contributed by atoms with Gasteiger partial charge >= 0.3 is 6.09 Å². The number of anilines is 2. The second-order valence-corrected chi connectivity index (χ2v) is 10.8. The summed E-state index contributed by atoms with van der Waals surface area (Å²) in [5.41, 5.74) is 2.51. The summed E-state index contributed by atoms with van der Waals surface area (Å²) in [5.74, 6) is -0.908.